The third-order valence-electron chi connectivity index (χ3n) is 3.27. The summed E-state index contributed by atoms with van der Waals surface area (Å²) < 4.78 is 5.96. The maximum atomic E-state index is 5.96. The highest BCUT2D eigenvalue weighted by molar-refractivity contribution is 7.15. The quantitative estimate of drug-likeness (QED) is 0.648. The van der Waals surface area contributed by atoms with E-state index >= 15 is 0 Å². The molecule has 0 spiro atoms. The van der Waals surface area contributed by atoms with Gasteiger partial charge >= 0.3 is 0 Å². The van der Waals surface area contributed by atoms with Gasteiger partial charge in [0.2, 0.25) is 0 Å². The van der Waals surface area contributed by atoms with Crippen LogP contribution in [-0.4, -0.2) is 0 Å². The summed E-state index contributed by atoms with van der Waals surface area (Å²) in [5, 5.41) is 0. The van der Waals surface area contributed by atoms with Crippen molar-refractivity contribution in [3.05, 3.63) is 40.3 Å². The van der Waals surface area contributed by atoms with Gasteiger partial charge in [0.1, 0.15) is 11.9 Å². The third kappa shape index (κ3) is 1.23. The highest BCUT2D eigenvalue weighted by atomic mass is 32.1. The van der Waals surface area contributed by atoms with Crippen molar-refractivity contribution < 1.29 is 4.74 Å². The molecular weight excluding hydrogens is 216 g/mol. The standard InChI is InChI=1S/C14H14OS/c1-8-10(3)16-14-11-6-4-5-7-12(11)15-9(2)13(8)14/h4-7,9H,1-3H3. The Morgan fingerprint density at radius 2 is 1.94 bits per heavy atom. The van der Waals surface area contributed by atoms with Crippen LogP contribution in [-0.2, 0) is 0 Å². The first-order valence-corrected chi connectivity index (χ1v) is 6.36. The van der Waals surface area contributed by atoms with Gasteiger partial charge in [-0.3, -0.25) is 0 Å². The minimum absolute atomic E-state index is 0.176. The molecule has 2 heteroatoms. The molecule has 1 aromatic carbocycles. The van der Waals surface area contributed by atoms with E-state index in [1.54, 1.807) is 0 Å². The Hall–Kier alpha value is -1.28. The predicted octanol–water partition coefficient (Wildman–Crippen LogP) is 4.49. The van der Waals surface area contributed by atoms with Gasteiger partial charge in [-0.25, -0.2) is 0 Å². The average molecular weight is 230 g/mol. The first-order valence-electron chi connectivity index (χ1n) is 5.54. The van der Waals surface area contributed by atoms with Crippen molar-refractivity contribution >= 4 is 11.3 Å². The Morgan fingerprint density at radius 1 is 1.19 bits per heavy atom. The van der Waals surface area contributed by atoms with E-state index in [0.29, 0.717) is 0 Å². The van der Waals surface area contributed by atoms with Gasteiger partial charge in [0.05, 0.1) is 0 Å². The van der Waals surface area contributed by atoms with Crippen molar-refractivity contribution in [2.24, 2.45) is 0 Å². The van der Waals surface area contributed by atoms with Crippen molar-refractivity contribution in [3.63, 3.8) is 0 Å². The van der Waals surface area contributed by atoms with Gasteiger partial charge in [-0.05, 0) is 38.5 Å². The lowest BCUT2D eigenvalue weighted by Gasteiger charge is -2.24. The normalized spacial score (nSPS) is 17.6. The molecule has 1 atom stereocenters. The van der Waals surface area contributed by atoms with Crippen molar-refractivity contribution in [1.29, 1.82) is 0 Å². The summed E-state index contributed by atoms with van der Waals surface area (Å²) >= 11 is 1.88. The van der Waals surface area contributed by atoms with Crippen LogP contribution in [0.3, 0.4) is 0 Å². The van der Waals surface area contributed by atoms with Crippen LogP contribution >= 0.6 is 11.3 Å². The summed E-state index contributed by atoms with van der Waals surface area (Å²) in [6, 6.07) is 8.31. The molecule has 82 valence electrons. The van der Waals surface area contributed by atoms with Gasteiger partial charge in [-0.15, -0.1) is 11.3 Å². The summed E-state index contributed by atoms with van der Waals surface area (Å²) in [4.78, 5) is 2.79. The number of benzene rings is 1. The van der Waals surface area contributed by atoms with E-state index in [0.717, 1.165) is 5.75 Å². The van der Waals surface area contributed by atoms with Crippen molar-refractivity contribution in [2.45, 2.75) is 26.9 Å². The van der Waals surface area contributed by atoms with Crippen molar-refractivity contribution in [1.82, 2.24) is 0 Å². The SMILES string of the molecule is Cc1sc2c(c1C)C(C)Oc1ccccc1-2. The molecule has 0 bridgehead atoms. The van der Waals surface area contributed by atoms with E-state index in [2.05, 4.69) is 39.0 Å². The molecule has 1 aliphatic heterocycles. The van der Waals surface area contributed by atoms with Crippen LogP contribution in [0.5, 0.6) is 5.75 Å². The Balaban J connectivity index is 2.33. The van der Waals surface area contributed by atoms with E-state index < -0.39 is 0 Å². The molecule has 0 saturated carbocycles. The van der Waals surface area contributed by atoms with Gasteiger partial charge in [-0.2, -0.15) is 0 Å². The Bertz CT molecular complexity index is 554. The predicted molar refractivity (Wildman–Crippen MR) is 68.3 cm³/mol. The monoisotopic (exact) mass is 230 g/mol. The molecule has 0 amide bonds. The second kappa shape index (κ2) is 3.36. The van der Waals surface area contributed by atoms with Crippen LogP contribution in [0.25, 0.3) is 10.4 Å². The molecule has 2 heterocycles. The minimum Gasteiger partial charge on any atom is -0.485 e. The van der Waals surface area contributed by atoms with Gasteiger partial charge in [0.15, 0.2) is 0 Å². The molecule has 0 saturated heterocycles. The van der Waals surface area contributed by atoms with Crippen LogP contribution in [0.1, 0.15) is 29.0 Å². The molecule has 0 aliphatic carbocycles. The zero-order valence-electron chi connectivity index (χ0n) is 9.70. The summed E-state index contributed by atoms with van der Waals surface area (Å²) in [5.41, 5.74) is 4.01. The number of aryl methyl sites for hydroxylation is 1. The molecule has 1 nitrogen and oxygen atoms in total. The summed E-state index contributed by atoms with van der Waals surface area (Å²) in [6.45, 7) is 6.51. The summed E-state index contributed by atoms with van der Waals surface area (Å²) in [5.74, 6) is 1.02. The number of ether oxygens (including phenoxy) is 1. The molecule has 3 rings (SSSR count). The fourth-order valence-corrected chi connectivity index (χ4v) is 3.62. The topological polar surface area (TPSA) is 9.23 Å². The van der Waals surface area contributed by atoms with Crippen LogP contribution in [0.2, 0.25) is 0 Å². The van der Waals surface area contributed by atoms with Gasteiger partial charge in [-0.1, -0.05) is 12.1 Å². The number of hydrogen-bond donors (Lipinski definition) is 0. The second-order valence-electron chi connectivity index (χ2n) is 4.28. The van der Waals surface area contributed by atoms with Crippen LogP contribution < -0.4 is 4.74 Å². The van der Waals surface area contributed by atoms with E-state index in [1.807, 2.05) is 17.4 Å². The Kier molecular flexibility index (Phi) is 2.08. The lowest BCUT2D eigenvalue weighted by molar-refractivity contribution is 0.223. The van der Waals surface area contributed by atoms with Crippen LogP contribution in [0.15, 0.2) is 24.3 Å². The van der Waals surface area contributed by atoms with Gasteiger partial charge < -0.3 is 4.74 Å². The smallest absolute Gasteiger partial charge is 0.128 e. The maximum Gasteiger partial charge on any atom is 0.128 e. The van der Waals surface area contributed by atoms with Crippen molar-refractivity contribution in [2.75, 3.05) is 0 Å². The molecule has 0 radical (unpaired) electrons. The second-order valence-corrected chi connectivity index (χ2v) is 5.51. The molecule has 2 aromatic rings. The zero-order chi connectivity index (χ0) is 11.3. The lowest BCUT2D eigenvalue weighted by atomic mass is 9.98. The maximum absolute atomic E-state index is 5.96. The molecule has 1 aromatic heterocycles. The van der Waals surface area contributed by atoms with E-state index in [9.17, 15) is 0 Å². The fraction of sp³-hybridized carbons (Fsp3) is 0.286. The molecule has 1 aliphatic rings. The number of fused-ring (bicyclic) bond motifs is 3. The molecule has 1 unspecified atom stereocenters. The van der Waals surface area contributed by atoms with Crippen LogP contribution in [0, 0.1) is 13.8 Å². The van der Waals surface area contributed by atoms with E-state index in [-0.39, 0.29) is 6.10 Å². The van der Waals surface area contributed by atoms with Gasteiger partial charge in [0, 0.05) is 20.9 Å². The first kappa shape index (κ1) is 9.91. The van der Waals surface area contributed by atoms with E-state index in [4.69, 9.17) is 4.74 Å². The third-order valence-corrected chi connectivity index (χ3v) is 4.53. The Labute approximate surface area is 99.7 Å². The molecule has 16 heavy (non-hydrogen) atoms. The molecule has 0 fully saturated rings. The fourth-order valence-electron chi connectivity index (χ4n) is 2.34. The number of rotatable bonds is 0. The lowest BCUT2D eigenvalue weighted by Crippen LogP contribution is -2.09. The average Bonchev–Trinajstić information content (AvgIpc) is 2.57. The minimum atomic E-state index is 0.176. The molecular formula is C14H14OS. The first-order chi connectivity index (χ1) is 7.68. The van der Waals surface area contributed by atoms with Crippen molar-refractivity contribution in [3.8, 4) is 16.2 Å². The zero-order valence-corrected chi connectivity index (χ0v) is 10.5. The summed E-state index contributed by atoms with van der Waals surface area (Å²) in [7, 11) is 0. The number of thiophene rings is 1. The highest BCUT2D eigenvalue weighted by Gasteiger charge is 2.27. The van der Waals surface area contributed by atoms with Crippen LogP contribution in [0.4, 0.5) is 0 Å². The number of para-hydroxylation sites is 1. The number of hydrogen-bond acceptors (Lipinski definition) is 2. The Morgan fingerprint density at radius 3 is 2.75 bits per heavy atom. The van der Waals surface area contributed by atoms with E-state index in [1.165, 1.54) is 26.4 Å². The highest BCUT2D eigenvalue weighted by Crippen LogP contribution is 2.48. The largest absolute Gasteiger partial charge is 0.485 e. The molecule has 0 N–H and O–H groups in total. The summed E-state index contributed by atoms with van der Waals surface area (Å²) in [6.07, 6.45) is 0.176. The van der Waals surface area contributed by atoms with Gasteiger partial charge in [0.25, 0.3) is 0 Å².